The van der Waals surface area contributed by atoms with Crippen molar-refractivity contribution < 1.29 is 4.79 Å². The van der Waals surface area contributed by atoms with Crippen LogP contribution in [-0.4, -0.2) is 67.3 Å². The lowest BCUT2D eigenvalue weighted by Gasteiger charge is -2.35. The van der Waals surface area contributed by atoms with Gasteiger partial charge in [0.05, 0.1) is 10.9 Å². The molecular weight excluding hydrogens is 408 g/mol. The fourth-order valence-corrected chi connectivity index (χ4v) is 4.84. The molecule has 1 atom stereocenters. The molecule has 1 saturated heterocycles. The first-order valence-corrected chi connectivity index (χ1v) is 11.5. The summed E-state index contributed by atoms with van der Waals surface area (Å²) in [4.78, 5) is 17.4. The van der Waals surface area contributed by atoms with E-state index in [9.17, 15) is 4.79 Å². The van der Waals surface area contributed by atoms with Crippen molar-refractivity contribution in [2.45, 2.75) is 37.7 Å². The number of nitrogens with zero attached hydrogens (tertiary/aromatic N) is 6. The molecule has 2 aromatic carbocycles. The topological polar surface area (TPSA) is 67.2 Å². The second-order valence-corrected chi connectivity index (χ2v) is 9.27. The van der Waals surface area contributed by atoms with Crippen LogP contribution in [0.15, 0.2) is 53.7 Å². The third kappa shape index (κ3) is 4.97. The Bertz CT molecular complexity index is 1010. The molecule has 0 N–H and O–H groups in total. The quantitative estimate of drug-likeness (QED) is 0.553. The highest BCUT2D eigenvalue weighted by Crippen LogP contribution is 2.27. The minimum atomic E-state index is -0.255. The van der Waals surface area contributed by atoms with Crippen LogP contribution in [0.4, 0.5) is 0 Å². The van der Waals surface area contributed by atoms with Crippen LogP contribution >= 0.6 is 11.8 Å². The Morgan fingerprint density at radius 1 is 1.00 bits per heavy atom. The maximum atomic E-state index is 13.1. The zero-order chi connectivity index (χ0) is 21.8. The lowest BCUT2D eigenvalue weighted by Crippen LogP contribution is -2.50. The second-order valence-electron chi connectivity index (χ2n) is 7.96. The van der Waals surface area contributed by atoms with Crippen molar-refractivity contribution in [3.8, 4) is 5.69 Å². The van der Waals surface area contributed by atoms with E-state index < -0.39 is 0 Å². The Kier molecular flexibility index (Phi) is 6.67. The standard InChI is InChI=1S/C23H28N6OS/c1-17-8-7-9-18(2)21(17)29-23(24-25-26-29)31-19(3)22(30)28-14-12-27(13-15-28)16-20-10-5-4-6-11-20/h4-11,19H,12-16H2,1-3H3. The SMILES string of the molecule is Cc1cccc(C)c1-n1nnnc1SC(C)C(=O)N1CCN(Cc2ccccc2)CC1. The van der Waals surface area contributed by atoms with E-state index in [4.69, 9.17) is 0 Å². The van der Waals surface area contributed by atoms with Crippen molar-refractivity contribution in [1.82, 2.24) is 30.0 Å². The number of piperazine rings is 1. The Morgan fingerprint density at radius 2 is 1.68 bits per heavy atom. The molecule has 0 saturated carbocycles. The molecule has 1 aliphatic heterocycles. The molecule has 4 rings (SSSR count). The van der Waals surface area contributed by atoms with Gasteiger partial charge >= 0.3 is 0 Å². The van der Waals surface area contributed by atoms with Crippen LogP contribution < -0.4 is 0 Å². The maximum absolute atomic E-state index is 13.1. The van der Waals surface area contributed by atoms with Gasteiger partial charge in [0.2, 0.25) is 11.1 Å². The Hall–Kier alpha value is -2.71. The predicted molar refractivity (Wildman–Crippen MR) is 122 cm³/mol. The van der Waals surface area contributed by atoms with Crippen molar-refractivity contribution >= 4 is 17.7 Å². The average molecular weight is 437 g/mol. The molecule has 1 aliphatic rings. The van der Waals surface area contributed by atoms with E-state index in [2.05, 4.69) is 44.7 Å². The van der Waals surface area contributed by atoms with E-state index in [-0.39, 0.29) is 11.2 Å². The van der Waals surface area contributed by atoms with Crippen LogP contribution in [0.25, 0.3) is 5.69 Å². The summed E-state index contributed by atoms with van der Waals surface area (Å²) in [5.41, 5.74) is 4.49. The molecular formula is C23H28N6OS. The van der Waals surface area contributed by atoms with Gasteiger partial charge in [-0.05, 0) is 47.9 Å². The van der Waals surface area contributed by atoms with Gasteiger partial charge < -0.3 is 4.90 Å². The molecule has 0 aliphatic carbocycles. The fraction of sp³-hybridized carbons (Fsp3) is 0.391. The molecule has 31 heavy (non-hydrogen) atoms. The monoisotopic (exact) mass is 436 g/mol. The average Bonchev–Trinajstić information content (AvgIpc) is 3.22. The summed E-state index contributed by atoms with van der Waals surface area (Å²) < 4.78 is 1.75. The summed E-state index contributed by atoms with van der Waals surface area (Å²) in [6.07, 6.45) is 0. The maximum Gasteiger partial charge on any atom is 0.235 e. The molecule has 2 heterocycles. The zero-order valence-electron chi connectivity index (χ0n) is 18.2. The summed E-state index contributed by atoms with van der Waals surface area (Å²) >= 11 is 1.42. The number of tetrazole rings is 1. The molecule has 8 heteroatoms. The highest BCUT2D eigenvalue weighted by molar-refractivity contribution is 8.00. The van der Waals surface area contributed by atoms with Crippen molar-refractivity contribution in [3.63, 3.8) is 0 Å². The van der Waals surface area contributed by atoms with Crippen LogP contribution in [0.3, 0.4) is 0 Å². The van der Waals surface area contributed by atoms with E-state index in [0.717, 1.165) is 49.5 Å². The number of aromatic nitrogens is 4. The zero-order valence-corrected chi connectivity index (χ0v) is 19.0. The molecule has 1 amide bonds. The van der Waals surface area contributed by atoms with Gasteiger partial charge in [-0.3, -0.25) is 9.69 Å². The van der Waals surface area contributed by atoms with Crippen molar-refractivity contribution in [2.24, 2.45) is 0 Å². The summed E-state index contributed by atoms with van der Waals surface area (Å²) in [5.74, 6) is 0.139. The number of aryl methyl sites for hydroxylation is 2. The van der Waals surface area contributed by atoms with Gasteiger partial charge in [-0.25, -0.2) is 0 Å². The largest absolute Gasteiger partial charge is 0.339 e. The van der Waals surface area contributed by atoms with Crippen LogP contribution in [0, 0.1) is 13.8 Å². The number of hydrogen-bond donors (Lipinski definition) is 0. The number of carbonyl (C=O) groups excluding carboxylic acids is 1. The molecule has 1 fully saturated rings. The number of hydrogen-bond acceptors (Lipinski definition) is 6. The number of amides is 1. The van der Waals surface area contributed by atoms with Crippen LogP contribution in [0.5, 0.6) is 0 Å². The van der Waals surface area contributed by atoms with Gasteiger partial charge in [0, 0.05) is 32.7 Å². The number of carbonyl (C=O) groups is 1. The molecule has 0 spiro atoms. The molecule has 1 unspecified atom stereocenters. The van der Waals surface area contributed by atoms with Gasteiger partial charge in [0.1, 0.15) is 0 Å². The Morgan fingerprint density at radius 3 is 2.35 bits per heavy atom. The van der Waals surface area contributed by atoms with E-state index in [0.29, 0.717) is 5.16 Å². The Labute approximate surface area is 187 Å². The van der Waals surface area contributed by atoms with Gasteiger partial charge in [-0.2, -0.15) is 4.68 Å². The van der Waals surface area contributed by atoms with Crippen LogP contribution in [-0.2, 0) is 11.3 Å². The lowest BCUT2D eigenvalue weighted by atomic mass is 10.1. The van der Waals surface area contributed by atoms with Crippen LogP contribution in [0.2, 0.25) is 0 Å². The lowest BCUT2D eigenvalue weighted by molar-refractivity contribution is -0.132. The number of rotatable bonds is 6. The molecule has 0 bridgehead atoms. The van der Waals surface area contributed by atoms with Crippen molar-refractivity contribution in [3.05, 3.63) is 65.2 Å². The third-order valence-corrected chi connectivity index (χ3v) is 6.68. The summed E-state index contributed by atoms with van der Waals surface area (Å²) in [5, 5.41) is 12.6. The predicted octanol–water partition coefficient (Wildman–Crippen LogP) is 3.10. The van der Waals surface area contributed by atoms with Crippen molar-refractivity contribution in [2.75, 3.05) is 26.2 Å². The van der Waals surface area contributed by atoms with E-state index in [1.54, 1.807) is 4.68 Å². The third-order valence-electron chi connectivity index (χ3n) is 5.66. The summed E-state index contributed by atoms with van der Waals surface area (Å²) in [6.45, 7) is 10.2. The highest BCUT2D eigenvalue weighted by atomic mass is 32.2. The smallest absolute Gasteiger partial charge is 0.235 e. The van der Waals surface area contributed by atoms with Crippen molar-refractivity contribution in [1.29, 1.82) is 0 Å². The number of thioether (sulfide) groups is 1. The molecule has 162 valence electrons. The number of benzene rings is 2. The molecule has 1 aromatic heterocycles. The molecule has 7 nitrogen and oxygen atoms in total. The van der Waals surface area contributed by atoms with Gasteiger partial charge in [0.25, 0.3) is 0 Å². The van der Waals surface area contributed by atoms with E-state index >= 15 is 0 Å². The van der Waals surface area contributed by atoms with E-state index in [1.807, 2.05) is 49.9 Å². The summed E-state index contributed by atoms with van der Waals surface area (Å²) in [7, 11) is 0. The van der Waals surface area contributed by atoms with Gasteiger partial charge in [0.15, 0.2) is 0 Å². The highest BCUT2D eigenvalue weighted by Gasteiger charge is 2.27. The first-order chi connectivity index (χ1) is 15.0. The fourth-order valence-electron chi connectivity index (χ4n) is 3.97. The Balaban J connectivity index is 1.37. The molecule has 3 aromatic rings. The first-order valence-electron chi connectivity index (χ1n) is 10.6. The number of para-hydroxylation sites is 1. The molecule has 0 radical (unpaired) electrons. The van der Waals surface area contributed by atoms with Crippen LogP contribution in [0.1, 0.15) is 23.6 Å². The minimum Gasteiger partial charge on any atom is -0.339 e. The second kappa shape index (κ2) is 9.62. The van der Waals surface area contributed by atoms with E-state index in [1.165, 1.54) is 17.3 Å². The minimum absolute atomic E-state index is 0.139. The van der Waals surface area contributed by atoms with Gasteiger partial charge in [-0.1, -0.05) is 60.3 Å². The van der Waals surface area contributed by atoms with Gasteiger partial charge in [-0.15, -0.1) is 5.10 Å². The summed E-state index contributed by atoms with van der Waals surface area (Å²) in [6, 6.07) is 16.6. The first kappa shape index (κ1) is 21.5. The normalized spacial score (nSPS) is 15.8.